The number of halogens is 1. The Balaban J connectivity index is 0.00000156. The number of anilines is 4. The van der Waals surface area contributed by atoms with Crippen LogP contribution in [0.5, 0.6) is 0 Å². The Kier molecular flexibility index (Phi) is 9.43. The van der Waals surface area contributed by atoms with E-state index in [1.807, 2.05) is 30.2 Å². The number of nitrogens with one attached hydrogen (secondary N) is 1. The highest BCUT2D eigenvalue weighted by Gasteiger charge is 2.28. The molecular weight excluding hydrogens is 487 g/mol. The predicted molar refractivity (Wildman–Crippen MR) is 155 cm³/mol. The van der Waals surface area contributed by atoms with Gasteiger partial charge in [-0.25, -0.2) is 9.97 Å². The SMILES string of the molecule is CF.COC1CCN(c2nccc(Nc3cc4c(C(C)C)ccc(N5CC(CSC)C5)c4cn3)n2)CC1. The lowest BCUT2D eigenvalue weighted by Gasteiger charge is -2.41. The van der Waals surface area contributed by atoms with E-state index in [0.717, 1.165) is 62.5 Å². The number of fused-ring (bicyclic) bond motifs is 1. The van der Waals surface area contributed by atoms with Gasteiger partial charge in [-0.05, 0) is 59.9 Å². The number of methoxy groups -OCH3 is 1. The van der Waals surface area contributed by atoms with Gasteiger partial charge < -0.3 is 19.9 Å². The van der Waals surface area contributed by atoms with E-state index in [9.17, 15) is 4.39 Å². The first kappa shape index (κ1) is 27.4. The van der Waals surface area contributed by atoms with Crippen molar-refractivity contribution in [1.82, 2.24) is 15.0 Å². The molecule has 2 saturated heterocycles. The molecule has 0 unspecified atom stereocenters. The molecule has 9 heteroatoms. The van der Waals surface area contributed by atoms with Gasteiger partial charge in [-0.3, -0.25) is 4.39 Å². The number of ether oxygens (including phenoxy) is 1. The van der Waals surface area contributed by atoms with Crippen LogP contribution >= 0.6 is 11.8 Å². The fourth-order valence-corrected chi connectivity index (χ4v) is 5.88. The number of piperidine rings is 1. The van der Waals surface area contributed by atoms with Crippen LogP contribution in [-0.4, -0.2) is 73.5 Å². The van der Waals surface area contributed by atoms with E-state index >= 15 is 0 Å². The molecule has 0 saturated carbocycles. The molecule has 4 heterocycles. The molecule has 3 aromatic rings. The molecule has 0 bridgehead atoms. The Bertz CT molecular complexity index is 1160. The van der Waals surface area contributed by atoms with E-state index in [1.165, 1.54) is 27.8 Å². The van der Waals surface area contributed by atoms with Crippen LogP contribution < -0.4 is 15.1 Å². The minimum absolute atomic E-state index is 0.335. The summed E-state index contributed by atoms with van der Waals surface area (Å²) in [5.41, 5.74) is 2.64. The molecular formula is C28H39FN6OS. The van der Waals surface area contributed by atoms with Gasteiger partial charge in [0.1, 0.15) is 11.6 Å². The third-order valence-corrected chi connectivity index (χ3v) is 8.00. The molecule has 0 spiro atoms. The summed E-state index contributed by atoms with van der Waals surface area (Å²) in [6.07, 6.45) is 8.37. The molecule has 0 atom stereocenters. The molecule has 2 aromatic heterocycles. The second kappa shape index (κ2) is 12.7. The van der Waals surface area contributed by atoms with Crippen molar-refractivity contribution in [3.63, 3.8) is 0 Å². The van der Waals surface area contributed by atoms with Crippen LogP contribution in [0.2, 0.25) is 0 Å². The summed E-state index contributed by atoms with van der Waals surface area (Å²) in [7, 11) is 2.29. The van der Waals surface area contributed by atoms with Gasteiger partial charge in [-0.15, -0.1) is 0 Å². The zero-order valence-corrected chi connectivity index (χ0v) is 23.4. The number of nitrogens with zero attached hydrogens (tertiary/aromatic N) is 5. The number of benzene rings is 1. The van der Waals surface area contributed by atoms with Crippen LogP contribution in [0.15, 0.2) is 36.7 Å². The lowest BCUT2D eigenvalue weighted by atomic mass is 9.93. The first-order valence-corrected chi connectivity index (χ1v) is 14.4. The topological polar surface area (TPSA) is 66.4 Å². The average Bonchev–Trinajstić information content (AvgIpc) is 2.91. The lowest BCUT2D eigenvalue weighted by molar-refractivity contribution is 0.0816. The summed E-state index contributed by atoms with van der Waals surface area (Å²) >= 11 is 1.94. The van der Waals surface area contributed by atoms with E-state index in [-0.39, 0.29) is 0 Å². The van der Waals surface area contributed by atoms with Crippen LogP contribution in [0.3, 0.4) is 0 Å². The quantitative estimate of drug-likeness (QED) is 0.390. The van der Waals surface area contributed by atoms with Gasteiger partial charge >= 0.3 is 0 Å². The Morgan fingerprint density at radius 1 is 1.05 bits per heavy atom. The molecule has 0 aliphatic carbocycles. The van der Waals surface area contributed by atoms with Crippen molar-refractivity contribution in [1.29, 1.82) is 0 Å². The number of alkyl halides is 1. The molecule has 1 N–H and O–H groups in total. The van der Waals surface area contributed by atoms with Crippen molar-refractivity contribution < 1.29 is 9.13 Å². The Hall–Kier alpha value is -2.65. The largest absolute Gasteiger partial charge is 0.381 e. The van der Waals surface area contributed by atoms with Gasteiger partial charge in [-0.2, -0.15) is 16.7 Å². The fraction of sp³-hybridized carbons (Fsp3) is 0.536. The predicted octanol–water partition coefficient (Wildman–Crippen LogP) is 5.89. The van der Waals surface area contributed by atoms with E-state index in [2.05, 4.69) is 58.4 Å². The molecule has 2 aliphatic rings. The normalized spacial score (nSPS) is 16.5. The van der Waals surface area contributed by atoms with E-state index < -0.39 is 0 Å². The summed E-state index contributed by atoms with van der Waals surface area (Å²) in [6, 6.07) is 8.66. The summed E-state index contributed by atoms with van der Waals surface area (Å²) in [4.78, 5) is 18.8. The Morgan fingerprint density at radius 3 is 2.49 bits per heavy atom. The lowest BCUT2D eigenvalue weighted by Crippen LogP contribution is -2.48. The van der Waals surface area contributed by atoms with Gasteiger partial charge in [0.05, 0.1) is 13.3 Å². The van der Waals surface area contributed by atoms with Crippen LogP contribution in [0.25, 0.3) is 10.8 Å². The minimum atomic E-state index is 0.335. The highest BCUT2D eigenvalue weighted by molar-refractivity contribution is 7.98. The maximum absolute atomic E-state index is 9.50. The van der Waals surface area contributed by atoms with Crippen molar-refractivity contribution >= 4 is 45.8 Å². The maximum Gasteiger partial charge on any atom is 0.227 e. The zero-order valence-electron chi connectivity index (χ0n) is 22.6. The van der Waals surface area contributed by atoms with Crippen molar-refractivity contribution in [3.05, 3.63) is 42.2 Å². The van der Waals surface area contributed by atoms with Crippen LogP contribution in [0, 0.1) is 5.92 Å². The number of rotatable bonds is 8. The van der Waals surface area contributed by atoms with Crippen molar-refractivity contribution in [2.75, 3.05) is 67.6 Å². The molecule has 200 valence electrons. The molecule has 7 nitrogen and oxygen atoms in total. The fourth-order valence-electron chi connectivity index (χ4n) is 5.19. The molecule has 1 aromatic carbocycles. The van der Waals surface area contributed by atoms with Crippen molar-refractivity contribution in [2.45, 2.75) is 38.7 Å². The highest BCUT2D eigenvalue weighted by atomic mass is 32.2. The Morgan fingerprint density at radius 2 is 1.81 bits per heavy atom. The molecule has 37 heavy (non-hydrogen) atoms. The Labute approximate surface area is 224 Å². The minimum Gasteiger partial charge on any atom is -0.381 e. The highest BCUT2D eigenvalue weighted by Crippen LogP contribution is 2.37. The molecule has 0 radical (unpaired) electrons. The number of hydrogen-bond acceptors (Lipinski definition) is 8. The number of pyridine rings is 1. The van der Waals surface area contributed by atoms with Gasteiger partial charge in [0.15, 0.2) is 0 Å². The smallest absolute Gasteiger partial charge is 0.227 e. The van der Waals surface area contributed by atoms with Gasteiger partial charge in [0.2, 0.25) is 5.95 Å². The second-order valence-electron chi connectivity index (χ2n) is 9.96. The van der Waals surface area contributed by atoms with E-state index in [4.69, 9.17) is 14.7 Å². The maximum atomic E-state index is 9.50. The molecule has 0 amide bonds. The summed E-state index contributed by atoms with van der Waals surface area (Å²) in [5, 5.41) is 5.93. The van der Waals surface area contributed by atoms with E-state index in [0.29, 0.717) is 19.2 Å². The molecule has 2 fully saturated rings. The summed E-state index contributed by atoms with van der Waals surface area (Å²) in [5.74, 6) is 4.78. The van der Waals surface area contributed by atoms with Crippen LogP contribution in [-0.2, 0) is 4.74 Å². The van der Waals surface area contributed by atoms with Gasteiger partial charge in [0.25, 0.3) is 0 Å². The van der Waals surface area contributed by atoms with Crippen LogP contribution in [0.4, 0.5) is 27.7 Å². The first-order valence-electron chi connectivity index (χ1n) is 13.0. The first-order chi connectivity index (χ1) is 18.1. The van der Waals surface area contributed by atoms with Gasteiger partial charge in [-0.1, -0.05) is 19.9 Å². The monoisotopic (exact) mass is 526 g/mol. The van der Waals surface area contributed by atoms with Crippen molar-refractivity contribution in [3.8, 4) is 0 Å². The number of thioether (sulfide) groups is 1. The van der Waals surface area contributed by atoms with Crippen molar-refractivity contribution in [2.24, 2.45) is 5.92 Å². The second-order valence-corrected chi connectivity index (χ2v) is 10.9. The summed E-state index contributed by atoms with van der Waals surface area (Å²) in [6.45, 7) is 8.58. The molecule has 5 rings (SSSR count). The molecule has 2 aliphatic heterocycles. The third-order valence-electron chi connectivity index (χ3n) is 7.19. The number of aromatic nitrogens is 3. The van der Waals surface area contributed by atoms with Crippen LogP contribution in [0.1, 0.15) is 38.2 Å². The van der Waals surface area contributed by atoms with E-state index in [1.54, 1.807) is 7.11 Å². The summed E-state index contributed by atoms with van der Waals surface area (Å²) < 4.78 is 15.0. The number of hydrogen-bond donors (Lipinski definition) is 1. The third kappa shape index (κ3) is 6.26. The zero-order chi connectivity index (χ0) is 26.4. The standard InChI is InChI=1S/C27H36N6OS.CH3F/c1-18(2)21-5-6-24(33-15-19(16-33)17-35-4)23-14-29-26(13-22(21)23)30-25-7-10-28-27(31-25)32-11-8-20(34-3)9-12-32;1-2/h5-7,10,13-14,18-20H,8-9,11-12,15-17H2,1-4H3,(H,28,29,30,31);1H3. The van der Waals surface area contributed by atoms with Gasteiger partial charge in [0, 0.05) is 62.7 Å². The average molecular weight is 527 g/mol.